The second-order valence-corrected chi connectivity index (χ2v) is 11.0. The van der Waals surface area contributed by atoms with Crippen molar-refractivity contribution in [3.63, 3.8) is 0 Å². The Morgan fingerprint density at radius 3 is 2.46 bits per heavy atom. The Labute approximate surface area is 209 Å². The number of hydrogen-bond donors (Lipinski definition) is 1. The predicted molar refractivity (Wildman–Crippen MR) is 138 cm³/mol. The Hall–Kier alpha value is -2.41. The van der Waals surface area contributed by atoms with Crippen LogP contribution in [0.4, 0.5) is 0 Å². The molecule has 2 aromatic carbocycles. The maximum atomic E-state index is 13.3. The first-order chi connectivity index (χ1) is 16.5. The van der Waals surface area contributed by atoms with Gasteiger partial charge in [0.1, 0.15) is 5.75 Å². The van der Waals surface area contributed by atoms with Crippen molar-refractivity contribution in [1.82, 2.24) is 9.80 Å². The molecule has 2 aromatic rings. The summed E-state index contributed by atoms with van der Waals surface area (Å²) in [6.45, 7) is 13.2. The molecule has 6 heteroatoms. The maximum absolute atomic E-state index is 13.3. The topological polar surface area (TPSA) is 62.2 Å². The highest BCUT2D eigenvalue weighted by molar-refractivity contribution is 5.94. The van der Waals surface area contributed by atoms with Crippen molar-refractivity contribution < 1.29 is 19.4 Å². The van der Waals surface area contributed by atoms with Gasteiger partial charge in [0.05, 0.1) is 23.4 Å². The zero-order valence-electron chi connectivity index (χ0n) is 21.8. The number of benzene rings is 2. The molecule has 6 nitrogen and oxygen atoms in total. The molecule has 0 bridgehead atoms. The quantitative estimate of drug-likeness (QED) is 0.663. The van der Waals surface area contributed by atoms with Crippen LogP contribution < -0.4 is 4.74 Å². The van der Waals surface area contributed by atoms with Crippen LogP contribution in [-0.4, -0.2) is 70.4 Å². The fourth-order valence-electron chi connectivity index (χ4n) is 5.16. The van der Waals surface area contributed by atoms with Crippen LogP contribution in [0.3, 0.4) is 0 Å². The summed E-state index contributed by atoms with van der Waals surface area (Å²) in [6, 6.07) is 16.1. The monoisotopic (exact) mass is 480 g/mol. The molecule has 0 saturated carbocycles. The predicted octanol–water partition coefficient (Wildman–Crippen LogP) is 4.43. The molecular formula is C29H40N2O4. The molecule has 0 aliphatic carbocycles. The van der Waals surface area contributed by atoms with Crippen molar-refractivity contribution in [1.29, 1.82) is 0 Å². The Kier molecular flexibility index (Phi) is 7.55. The first kappa shape index (κ1) is 25.7. The molecule has 1 amide bonds. The van der Waals surface area contributed by atoms with Crippen molar-refractivity contribution >= 4 is 5.91 Å². The number of amides is 1. The minimum atomic E-state index is -0.938. The van der Waals surface area contributed by atoms with E-state index >= 15 is 0 Å². The first-order valence-corrected chi connectivity index (χ1v) is 12.8. The van der Waals surface area contributed by atoms with Crippen LogP contribution in [0, 0.1) is 6.92 Å². The number of rotatable bonds is 6. The van der Waals surface area contributed by atoms with E-state index in [2.05, 4.69) is 29.2 Å². The summed E-state index contributed by atoms with van der Waals surface area (Å²) < 4.78 is 12.4. The smallest absolute Gasteiger partial charge is 0.253 e. The third kappa shape index (κ3) is 6.24. The lowest BCUT2D eigenvalue weighted by Gasteiger charge is -2.52. The molecule has 2 saturated heterocycles. The van der Waals surface area contributed by atoms with Gasteiger partial charge in [-0.2, -0.15) is 0 Å². The van der Waals surface area contributed by atoms with E-state index in [4.69, 9.17) is 9.47 Å². The van der Waals surface area contributed by atoms with Gasteiger partial charge in [-0.1, -0.05) is 30.3 Å². The van der Waals surface area contributed by atoms with Gasteiger partial charge in [0, 0.05) is 38.3 Å². The van der Waals surface area contributed by atoms with Crippen molar-refractivity contribution in [2.45, 2.75) is 77.4 Å². The van der Waals surface area contributed by atoms with E-state index in [-0.39, 0.29) is 23.7 Å². The largest absolute Gasteiger partial charge is 0.491 e. The molecule has 2 aliphatic rings. The number of nitrogens with zero attached hydrogens (tertiary/aromatic N) is 2. The minimum Gasteiger partial charge on any atom is -0.491 e. The van der Waals surface area contributed by atoms with Crippen LogP contribution in [0.15, 0.2) is 48.5 Å². The summed E-state index contributed by atoms with van der Waals surface area (Å²) in [5, 5.41) is 10.8. The number of carbonyl (C=O) groups is 1. The van der Waals surface area contributed by atoms with Crippen molar-refractivity contribution in [2.24, 2.45) is 0 Å². The second kappa shape index (κ2) is 10.3. The molecule has 4 rings (SSSR count). The summed E-state index contributed by atoms with van der Waals surface area (Å²) in [5.41, 5.74) is 1.62. The standard InChI is InChI=1S/C29H40N2O4/c1-21(2)34-25-12-11-24(17-22(25)3)27(32)31-15-13-29(14-16-31)20-30(18-23-9-7-6-8-10-23)19-26(35-29)28(4,5)33/h6-12,17,21,26,33H,13-16,18-20H2,1-5H3. The number of ether oxygens (including phenoxy) is 2. The molecule has 1 unspecified atom stereocenters. The maximum Gasteiger partial charge on any atom is 0.253 e. The Morgan fingerprint density at radius 1 is 1.17 bits per heavy atom. The molecule has 35 heavy (non-hydrogen) atoms. The zero-order chi connectivity index (χ0) is 25.2. The average Bonchev–Trinajstić information content (AvgIpc) is 2.80. The van der Waals surface area contributed by atoms with Gasteiger partial charge in [-0.3, -0.25) is 9.69 Å². The first-order valence-electron chi connectivity index (χ1n) is 12.8. The van der Waals surface area contributed by atoms with Crippen LogP contribution in [0.2, 0.25) is 0 Å². The number of likely N-dealkylation sites (tertiary alicyclic amines) is 1. The van der Waals surface area contributed by atoms with Gasteiger partial charge in [0.15, 0.2) is 0 Å². The van der Waals surface area contributed by atoms with E-state index < -0.39 is 5.60 Å². The van der Waals surface area contributed by atoms with Gasteiger partial charge in [-0.05, 0) is 76.8 Å². The van der Waals surface area contributed by atoms with E-state index in [9.17, 15) is 9.90 Å². The third-order valence-corrected chi connectivity index (χ3v) is 7.11. The van der Waals surface area contributed by atoms with Crippen LogP contribution in [0.25, 0.3) is 0 Å². The fourth-order valence-corrected chi connectivity index (χ4v) is 5.16. The summed E-state index contributed by atoms with van der Waals surface area (Å²) in [4.78, 5) is 17.6. The summed E-state index contributed by atoms with van der Waals surface area (Å²) in [7, 11) is 0. The normalized spacial score (nSPS) is 20.9. The molecule has 2 heterocycles. The van der Waals surface area contributed by atoms with Crippen LogP contribution in [0.1, 0.15) is 62.0 Å². The summed E-state index contributed by atoms with van der Waals surface area (Å²) in [5.74, 6) is 0.871. The van der Waals surface area contributed by atoms with Gasteiger partial charge in [0.2, 0.25) is 0 Å². The van der Waals surface area contributed by atoms with E-state index in [1.807, 2.05) is 63.8 Å². The van der Waals surface area contributed by atoms with E-state index in [1.165, 1.54) is 5.56 Å². The number of hydrogen-bond acceptors (Lipinski definition) is 5. The highest BCUT2D eigenvalue weighted by atomic mass is 16.5. The number of carbonyl (C=O) groups excluding carboxylic acids is 1. The fraction of sp³-hybridized carbons (Fsp3) is 0.552. The van der Waals surface area contributed by atoms with Crippen LogP contribution in [-0.2, 0) is 11.3 Å². The molecule has 1 spiro atoms. The summed E-state index contributed by atoms with van der Waals surface area (Å²) in [6.07, 6.45) is 1.32. The van der Waals surface area contributed by atoms with Gasteiger partial charge in [-0.15, -0.1) is 0 Å². The summed E-state index contributed by atoms with van der Waals surface area (Å²) >= 11 is 0. The highest BCUT2D eigenvalue weighted by Gasteiger charge is 2.47. The lowest BCUT2D eigenvalue weighted by atomic mass is 9.86. The SMILES string of the molecule is Cc1cc(C(=O)N2CCC3(CC2)CN(Cc2ccccc2)CC(C(C)(C)O)O3)ccc1OC(C)C. The molecule has 1 atom stereocenters. The second-order valence-electron chi connectivity index (χ2n) is 11.0. The highest BCUT2D eigenvalue weighted by Crippen LogP contribution is 2.36. The Balaban J connectivity index is 1.44. The molecule has 0 radical (unpaired) electrons. The van der Waals surface area contributed by atoms with E-state index in [0.29, 0.717) is 25.2 Å². The van der Waals surface area contributed by atoms with Gasteiger partial charge >= 0.3 is 0 Å². The third-order valence-electron chi connectivity index (χ3n) is 7.11. The molecule has 2 fully saturated rings. The average molecular weight is 481 g/mol. The lowest BCUT2D eigenvalue weighted by Crippen LogP contribution is -2.63. The Morgan fingerprint density at radius 2 is 1.86 bits per heavy atom. The molecule has 2 aliphatic heterocycles. The number of aliphatic hydroxyl groups is 1. The van der Waals surface area contributed by atoms with E-state index in [1.54, 1.807) is 0 Å². The minimum absolute atomic E-state index is 0.0510. The van der Waals surface area contributed by atoms with Crippen molar-refractivity contribution in [3.05, 3.63) is 65.2 Å². The Bertz CT molecular complexity index is 1010. The number of piperidine rings is 1. The van der Waals surface area contributed by atoms with Crippen LogP contribution >= 0.6 is 0 Å². The van der Waals surface area contributed by atoms with Crippen molar-refractivity contribution in [3.8, 4) is 5.75 Å². The number of morpholine rings is 1. The molecular weight excluding hydrogens is 440 g/mol. The lowest BCUT2D eigenvalue weighted by molar-refractivity contribution is -0.221. The van der Waals surface area contributed by atoms with Gasteiger partial charge < -0.3 is 19.5 Å². The van der Waals surface area contributed by atoms with E-state index in [0.717, 1.165) is 37.2 Å². The molecule has 190 valence electrons. The number of aryl methyl sites for hydroxylation is 1. The van der Waals surface area contributed by atoms with Crippen LogP contribution in [0.5, 0.6) is 5.75 Å². The zero-order valence-corrected chi connectivity index (χ0v) is 21.8. The molecule has 0 aromatic heterocycles. The molecule has 1 N–H and O–H groups in total. The van der Waals surface area contributed by atoms with Crippen molar-refractivity contribution in [2.75, 3.05) is 26.2 Å². The van der Waals surface area contributed by atoms with Gasteiger partial charge in [-0.25, -0.2) is 0 Å². The van der Waals surface area contributed by atoms with Gasteiger partial charge in [0.25, 0.3) is 5.91 Å².